The van der Waals surface area contributed by atoms with E-state index in [1.54, 1.807) is 30.5 Å². The summed E-state index contributed by atoms with van der Waals surface area (Å²) in [5.41, 5.74) is 0.838. The summed E-state index contributed by atoms with van der Waals surface area (Å²) < 4.78 is 0. The van der Waals surface area contributed by atoms with E-state index in [1.165, 1.54) is 0 Å². The van der Waals surface area contributed by atoms with Gasteiger partial charge in [-0.15, -0.1) is 11.8 Å². The number of urea groups is 1. The highest BCUT2D eigenvalue weighted by atomic mass is 32.2. The standard InChI is InChI=1S/C21H21N3O3S/c1-21(2)19(26)23(20(27)22-21)12-18(25)24-15-10-6-7-11-17(15)28-13-16(24)14-8-4-3-5-9-14/h3-11,16H,12-13H2,1-2H3,(H,22,27)/t16-/m0/s1. The summed E-state index contributed by atoms with van der Waals surface area (Å²) in [6.07, 6.45) is 0. The van der Waals surface area contributed by atoms with E-state index >= 15 is 0 Å². The normalized spacial score (nSPS) is 20.7. The third kappa shape index (κ3) is 3.16. The average Bonchev–Trinajstić information content (AvgIpc) is 2.89. The van der Waals surface area contributed by atoms with Gasteiger partial charge in [0.1, 0.15) is 12.1 Å². The van der Waals surface area contributed by atoms with Crippen LogP contribution in [0.15, 0.2) is 59.5 Å². The molecule has 4 amide bonds. The Bertz CT molecular complexity index is 945. The van der Waals surface area contributed by atoms with Gasteiger partial charge in [0.15, 0.2) is 0 Å². The van der Waals surface area contributed by atoms with Gasteiger partial charge in [0, 0.05) is 10.6 Å². The molecule has 0 aliphatic carbocycles. The summed E-state index contributed by atoms with van der Waals surface area (Å²) in [6.45, 7) is 2.99. The number of nitrogens with zero attached hydrogens (tertiary/aromatic N) is 2. The minimum atomic E-state index is -0.994. The van der Waals surface area contributed by atoms with Gasteiger partial charge < -0.3 is 10.2 Å². The number of hydrogen-bond donors (Lipinski definition) is 1. The van der Waals surface area contributed by atoms with Crippen molar-refractivity contribution in [1.29, 1.82) is 0 Å². The number of para-hydroxylation sites is 1. The highest BCUT2D eigenvalue weighted by molar-refractivity contribution is 7.99. The van der Waals surface area contributed by atoms with Crippen molar-refractivity contribution < 1.29 is 14.4 Å². The molecule has 7 heteroatoms. The van der Waals surface area contributed by atoms with Crippen LogP contribution in [-0.2, 0) is 9.59 Å². The average molecular weight is 395 g/mol. The lowest BCUT2D eigenvalue weighted by Crippen LogP contribution is -2.47. The molecule has 4 rings (SSSR count). The van der Waals surface area contributed by atoms with Gasteiger partial charge in [-0.25, -0.2) is 4.79 Å². The van der Waals surface area contributed by atoms with E-state index in [0.29, 0.717) is 5.75 Å². The molecule has 28 heavy (non-hydrogen) atoms. The van der Waals surface area contributed by atoms with E-state index in [9.17, 15) is 14.4 Å². The lowest BCUT2D eigenvalue weighted by atomic mass is 10.0. The van der Waals surface area contributed by atoms with Gasteiger partial charge in [0.25, 0.3) is 5.91 Å². The molecule has 0 aromatic heterocycles. The SMILES string of the molecule is CC1(C)NC(=O)N(CC(=O)N2c3ccccc3SC[C@H]2c2ccccc2)C1=O. The summed E-state index contributed by atoms with van der Waals surface area (Å²) >= 11 is 1.70. The van der Waals surface area contributed by atoms with E-state index in [0.717, 1.165) is 21.0 Å². The Labute approximate surface area is 167 Å². The number of fused-ring (bicyclic) bond motifs is 1. The fourth-order valence-corrected chi connectivity index (χ4v) is 4.76. The fourth-order valence-electron chi connectivity index (χ4n) is 3.59. The second-order valence-corrected chi connectivity index (χ2v) is 8.48. The first-order valence-corrected chi connectivity index (χ1v) is 10.1. The van der Waals surface area contributed by atoms with Crippen molar-refractivity contribution in [3.8, 4) is 0 Å². The Morgan fingerprint density at radius 1 is 1.11 bits per heavy atom. The van der Waals surface area contributed by atoms with Gasteiger partial charge in [-0.2, -0.15) is 0 Å². The molecule has 0 spiro atoms. The molecule has 2 heterocycles. The zero-order valence-electron chi connectivity index (χ0n) is 15.7. The molecule has 0 saturated carbocycles. The monoisotopic (exact) mass is 395 g/mol. The van der Waals surface area contributed by atoms with Gasteiger partial charge in [-0.1, -0.05) is 42.5 Å². The van der Waals surface area contributed by atoms with Crippen molar-refractivity contribution in [1.82, 2.24) is 10.2 Å². The second-order valence-electron chi connectivity index (χ2n) is 7.42. The Morgan fingerprint density at radius 3 is 2.46 bits per heavy atom. The van der Waals surface area contributed by atoms with Crippen LogP contribution >= 0.6 is 11.8 Å². The molecule has 2 aromatic rings. The van der Waals surface area contributed by atoms with E-state index < -0.39 is 11.6 Å². The van der Waals surface area contributed by atoms with Crippen molar-refractivity contribution in [3.63, 3.8) is 0 Å². The highest BCUT2D eigenvalue weighted by Crippen LogP contribution is 2.43. The molecule has 0 bridgehead atoms. The van der Waals surface area contributed by atoms with Gasteiger partial charge in [-0.3, -0.25) is 14.5 Å². The third-order valence-corrected chi connectivity index (χ3v) is 6.16. The number of imide groups is 1. The zero-order chi connectivity index (χ0) is 19.9. The number of amides is 4. The summed E-state index contributed by atoms with van der Waals surface area (Å²) in [6, 6.07) is 16.9. The van der Waals surface area contributed by atoms with Crippen LogP contribution in [0.3, 0.4) is 0 Å². The number of rotatable bonds is 3. The van der Waals surface area contributed by atoms with Crippen LogP contribution < -0.4 is 10.2 Å². The number of thioether (sulfide) groups is 1. The fraction of sp³-hybridized carbons (Fsp3) is 0.286. The number of nitrogens with one attached hydrogen (secondary N) is 1. The lowest BCUT2D eigenvalue weighted by Gasteiger charge is -2.37. The molecule has 1 atom stereocenters. The maximum atomic E-state index is 13.3. The van der Waals surface area contributed by atoms with E-state index in [4.69, 9.17) is 0 Å². The maximum Gasteiger partial charge on any atom is 0.325 e. The minimum Gasteiger partial charge on any atom is -0.324 e. The van der Waals surface area contributed by atoms with Crippen LogP contribution in [0, 0.1) is 0 Å². The first-order chi connectivity index (χ1) is 13.4. The smallest absolute Gasteiger partial charge is 0.324 e. The van der Waals surface area contributed by atoms with Crippen LogP contribution in [0.2, 0.25) is 0 Å². The van der Waals surface area contributed by atoms with Crippen molar-refractivity contribution in [3.05, 3.63) is 60.2 Å². The molecule has 144 valence electrons. The number of carbonyl (C=O) groups is 3. The van der Waals surface area contributed by atoms with Crippen molar-refractivity contribution in [2.75, 3.05) is 17.2 Å². The summed E-state index contributed by atoms with van der Waals surface area (Å²) in [5, 5.41) is 2.63. The van der Waals surface area contributed by atoms with Crippen LogP contribution in [0.5, 0.6) is 0 Å². The Hall–Kier alpha value is -2.80. The van der Waals surface area contributed by atoms with Crippen molar-refractivity contribution in [2.24, 2.45) is 0 Å². The number of anilines is 1. The quantitative estimate of drug-likeness (QED) is 0.811. The number of hydrogen-bond acceptors (Lipinski definition) is 4. The topological polar surface area (TPSA) is 69.7 Å². The van der Waals surface area contributed by atoms with E-state index in [-0.39, 0.29) is 24.4 Å². The predicted octanol–water partition coefficient (Wildman–Crippen LogP) is 3.20. The molecule has 1 fully saturated rings. The van der Waals surface area contributed by atoms with Gasteiger partial charge >= 0.3 is 6.03 Å². The van der Waals surface area contributed by atoms with Crippen LogP contribution in [-0.4, -0.2) is 40.6 Å². The molecule has 1 saturated heterocycles. The molecule has 2 aliphatic rings. The first kappa shape index (κ1) is 18.6. The number of carbonyl (C=O) groups excluding carboxylic acids is 3. The first-order valence-electron chi connectivity index (χ1n) is 9.11. The van der Waals surface area contributed by atoms with Gasteiger partial charge in [-0.05, 0) is 31.5 Å². The van der Waals surface area contributed by atoms with Crippen molar-refractivity contribution >= 4 is 35.3 Å². The minimum absolute atomic E-state index is 0.164. The molecular weight excluding hydrogens is 374 g/mol. The largest absolute Gasteiger partial charge is 0.325 e. The van der Waals surface area contributed by atoms with Gasteiger partial charge in [0.05, 0.1) is 11.7 Å². The number of benzene rings is 2. The van der Waals surface area contributed by atoms with Crippen LogP contribution in [0.25, 0.3) is 0 Å². The Balaban J connectivity index is 1.68. The molecule has 0 radical (unpaired) electrons. The summed E-state index contributed by atoms with van der Waals surface area (Å²) in [5.74, 6) is 0.0443. The van der Waals surface area contributed by atoms with Crippen LogP contribution in [0.4, 0.5) is 10.5 Å². The Morgan fingerprint density at radius 2 is 1.79 bits per heavy atom. The molecule has 6 nitrogen and oxygen atoms in total. The third-order valence-electron chi connectivity index (χ3n) is 5.02. The van der Waals surface area contributed by atoms with E-state index in [2.05, 4.69) is 5.32 Å². The van der Waals surface area contributed by atoms with Gasteiger partial charge in [0.2, 0.25) is 5.91 Å². The second kappa shape index (κ2) is 6.98. The van der Waals surface area contributed by atoms with E-state index in [1.807, 2.05) is 54.6 Å². The summed E-state index contributed by atoms with van der Waals surface area (Å²) in [4.78, 5) is 41.9. The molecule has 0 unspecified atom stereocenters. The van der Waals surface area contributed by atoms with Crippen molar-refractivity contribution in [2.45, 2.75) is 30.3 Å². The predicted molar refractivity (Wildman–Crippen MR) is 108 cm³/mol. The maximum absolute atomic E-state index is 13.3. The molecule has 2 aromatic carbocycles. The molecule has 2 aliphatic heterocycles. The lowest BCUT2D eigenvalue weighted by molar-refractivity contribution is -0.133. The molecular formula is C21H21N3O3S. The Kier molecular flexibility index (Phi) is 4.63. The highest BCUT2D eigenvalue weighted by Gasteiger charge is 2.46. The molecule has 1 N–H and O–H groups in total. The summed E-state index contributed by atoms with van der Waals surface area (Å²) in [7, 11) is 0. The zero-order valence-corrected chi connectivity index (χ0v) is 16.5. The van der Waals surface area contributed by atoms with Crippen LogP contribution in [0.1, 0.15) is 25.5 Å².